The third-order valence-corrected chi connectivity index (χ3v) is 2.12. The van der Waals surface area contributed by atoms with Gasteiger partial charge in [-0.15, -0.1) is 0 Å². The van der Waals surface area contributed by atoms with Crippen molar-refractivity contribution in [1.82, 2.24) is 0 Å². The first-order valence-electron chi connectivity index (χ1n) is 4.79. The van der Waals surface area contributed by atoms with E-state index >= 15 is 0 Å². The Morgan fingerprint density at radius 2 is 1.71 bits per heavy atom. The van der Waals surface area contributed by atoms with Crippen LogP contribution in [0.5, 0.6) is 0 Å². The van der Waals surface area contributed by atoms with Gasteiger partial charge in [0.25, 0.3) is 0 Å². The van der Waals surface area contributed by atoms with Crippen molar-refractivity contribution in [2.24, 2.45) is 5.92 Å². The highest BCUT2D eigenvalue weighted by Crippen LogP contribution is 2.09. The molecule has 0 aliphatic heterocycles. The molecule has 1 radical (unpaired) electrons. The van der Waals surface area contributed by atoms with E-state index in [1.165, 1.54) is 5.56 Å². The summed E-state index contributed by atoms with van der Waals surface area (Å²) in [6.07, 6.45) is 0.996. The Bertz CT molecular complexity index is 227. The second-order valence-corrected chi connectivity index (χ2v) is 3.39. The molecule has 0 aliphatic rings. The highest BCUT2D eigenvalue weighted by atomic mass is 16.5. The first-order valence-corrected chi connectivity index (χ1v) is 4.79. The van der Waals surface area contributed by atoms with E-state index in [2.05, 4.69) is 18.2 Å². The normalized spacial score (nSPS) is 10.8. The van der Waals surface area contributed by atoms with Gasteiger partial charge < -0.3 is 9.47 Å². The van der Waals surface area contributed by atoms with E-state index in [9.17, 15) is 0 Å². The maximum atomic E-state index is 5.14. The van der Waals surface area contributed by atoms with Crippen molar-refractivity contribution in [1.29, 1.82) is 0 Å². The van der Waals surface area contributed by atoms with Gasteiger partial charge in [0.1, 0.15) is 0 Å². The lowest BCUT2D eigenvalue weighted by Gasteiger charge is -2.14. The number of methoxy groups -OCH3 is 2. The van der Waals surface area contributed by atoms with E-state index in [4.69, 9.17) is 9.47 Å². The van der Waals surface area contributed by atoms with Gasteiger partial charge >= 0.3 is 0 Å². The van der Waals surface area contributed by atoms with Crippen LogP contribution in [0, 0.1) is 12.0 Å². The van der Waals surface area contributed by atoms with Crippen LogP contribution < -0.4 is 0 Å². The first kappa shape index (κ1) is 11.2. The average molecular weight is 193 g/mol. The largest absolute Gasteiger partial charge is 0.384 e. The van der Waals surface area contributed by atoms with Crippen molar-refractivity contribution < 1.29 is 9.47 Å². The Hall–Kier alpha value is -0.860. The molecule has 0 unspecified atom stereocenters. The van der Waals surface area contributed by atoms with Crippen molar-refractivity contribution in [3.63, 3.8) is 0 Å². The van der Waals surface area contributed by atoms with Crippen molar-refractivity contribution in [3.8, 4) is 0 Å². The van der Waals surface area contributed by atoms with Gasteiger partial charge in [-0.05, 0) is 18.1 Å². The minimum Gasteiger partial charge on any atom is -0.384 e. The fourth-order valence-corrected chi connectivity index (χ4v) is 1.53. The zero-order chi connectivity index (χ0) is 10.2. The highest BCUT2D eigenvalue weighted by molar-refractivity contribution is 5.14. The molecule has 0 aromatic heterocycles. The van der Waals surface area contributed by atoms with Crippen molar-refractivity contribution in [3.05, 3.63) is 35.9 Å². The van der Waals surface area contributed by atoms with Gasteiger partial charge in [0.15, 0.2) is 0 Å². The predicted molar refractivity (Wildman–Crippen MR) is 56.2 cm³/mol. The molecule has 2 heteroatoms. The van der Waals surface area contributed by atoms with Gasteiger partial charge in [-0.3, -0.25) is 0 Å². The van der Waals surface area contributed by atoms with Gasteiger partial charge in [0.2, 0.25) is 0 Å². The van der Waals surface area contributed by atoms with Crippen LogP contribution in [0.4, 0.5) is 0 Å². The van der Waals surface area contributed by atoms with Gasteiger partial charge in [-0.1, -0.05) is 24.3 Å². The summed E-state index contributed by atoms with van der Waals surface area (Å²) in [5.74, 6) is 0.437. The van der Waals surface area contributed by atoms with Crippen molar-refractivity contribution >= 4 is 0 Å². The fourth-order valence-electron chi connectivity index (χ4n) is 1.53. The molecule has 1 rings (SSSR count). The summed E-state index contributed by atoms with van der Waals surface area (Å²) in [7, 11) is 3.45. The molecule has 77 valence electrons. The minimum atomic E-state index is 0.437. The van der Waals surface area contributed by atoms with Gasteiger partial charge in [-0.2, -0.15) is 0 Å². The second-order valence-electron chi connectivity index (χ2n) is 3.39. The maximum absolute atomic E-state index is 5.14. The van der Waals surface area contributed by atoms with Crippen LogP contribution in [0.1, 0.15) is 5.56 Å². The molecule has 0 bridgehead atoms. The summed E-state index contributed by atoms with van der Waals surface area (Å²) in [4.78, 5) is 0. The molecule has 0 atom stereocenters. The molecule has 0 fully saturated rings. The third kappa shape index (κ3) is 3.90. The standard InChI is InChI=1S/C12H17O2/c1-13-9-12(10-14-2)8-11-6-4-3-5-7-11/h4-7,12H,8-10H2,1-2H3. The molecule has 0 saturated heterocycles. The molecule has 0 heterocycles. The molecule has 0 amide bonds. The second kappa shape index (κ2) is 6.57. The monoisotopic (exact) mass is 193 g/mol. The van der Waals surface area contributed by atoms with E-state index in [-0.39, 0.29) is 0 Å². The number of hydrogen-bond acceptors (Lipinski definition) is 2. The summed E-state index contributed by atoms with van der Waals surface area (Å²) < 4.78 is 10.3. The van der Waals surface area contributed by atoms with Crippen LogP contribution in [0.15, 0.2) is 24.3 Å². The molecule has 1 aromatic rings. The summed E-state index contributed by atoms with van der Waals surface area (Å²) in [5, 5.41) is 0. The SMILES string of the molecule is COCC(COC)Cc1cc[c]cc1. The average Bonchev–Trinajstić information content (AvgIpc) is 2.20. The number of ether oxygens (including phenoxy) is 2. The van der Waals surface area contributed by atoms with Crippen LogP contribution in [0.3, 0.4) is 0 Å². The smallest absolute Gasteiger partial charge is 0.0515 e. The van der Waals surface area contributed by atoms with Gasteiger partial charge in [0, 0.05) is 20.1 Å². The summed E-state index contributed by atoms with van der Waals surface area (Å²) >= 11 is 0. The summed E-state index contributed by atoms with van der Waals surface area (Å²) in [6, 6.07) is 11.0. The van der Waals surface area contributed by atoms with Gasteiger partial charge in [-0.25, -0.2) is 0 Å². The number of rotatable bonds is 6. The zero-order valence-corrected chi connectivity index (χ0v) is 8.82. The predicted octanol–water partition coefficient (Wildman–Crippen LogP) is 1.94. The molecule has 14 heavy (non-hydrogen) atoms. The van der Waals surface area contributed by atoms with E-state index in [1.807, 2.05) is 12.1 Å². The molecular formula is C12H17O2. The first-order chi connectivity index (χ1) is 6.86. The van der Waals surface area contributed by atoms with E-state index in [0.29, 0.717) is 5.92 Å². The lowest BCUT2D eigenvalue weighted by Crippen LogP contribution is -2.17. The van der Waals surface area contributed by atoms with Crippen LogP contribution in [0.2, 0.25) is 0 Å². The Kier molecular flexibility index (Phi) is 5.27. The summed E-state index contributed by atoms with van der Waals surface area (Å²) in [5.41, 5.74) is 1.31. The molecule has 1 aromatic carbocycles. The molecule has 0 N–H and O–H groups in total. The minimum absolute atomic E-state index is 0.437. The zero-order valence-electron chi connectivity index (χ0n) is 8.82. The van der Waals surface area contributed by atoms with Crippen molar-refractivity contribution in [2.75, 3.05) is 27.4 Å². The quantitative estimate of drug-likeness (QED) is 0.687. The molecule has 2 nitrogen and oxygen atoms in total. The van der Waals surface area contributed by atoms with Crippen LogP contribution in [0.25, 0.3) is 0 Å². The summed E-state index contributed by atoms with van der Waals surface area (Å²) in [6.45, 7) is 1.49. The molecule has 0 spiro atoms. The lowest BCUT2D eigenvalue weighted by atomic mass is 10.0. The van der Waals surface area contributed by atoms with Crippen LogP contribution in [-0.4, -0.2) is 27.4 Å². The van der Waals surface area contributed by atoms with Crippen LogP contribution in [-0.2, 0) is 15.9 Å². The molecule has 0 saturated carbocycles. The van der Waals surface area contributed by atoms with E-state index < -0.39 is 0 Å². The van der Waals surface area contributed by atoms with Gasteiger partial charge in [0.05, 0.1) is 13.2 Å². The number of benzene rings is 1. The fraction of sp³-hybridized carbons (Fsp3) is 0.500. The van der Waals surface area contributed by atoms with Crippen LogP contribution >= 0.6 is 0 Å². The van der Waals surface area contributed by atoms with Crippen molar-refractivity contribution in [2.45, 2.75) is 6.42 Å². The Balaban J connectivity index is 2.46. The highest BCUT2D eigenvalue weighted by Gasteiger charge is 2.08. The van der Waals surface area contributed by atoms with E-state index in [1.54, 1.807) is 14.2 Å². The lowest BCUT2D eigenvalue weighted by molar-refractivity contribution is 0.0848. The van der Waals surface area contributed by atoms with E-state index in [0.717, 1.165) is 19.6 Å². The Morgan fingerprint density at radius 3 is 2.21 bits per heavy atom. The maximum Gasteiger partial charge on any atom is 0.0515 e. The number of hydrogen-bond donors (Lipinski definition) is 0. The molecule has 0 aliphatic carbocycles. The Labute approximate surface area is 85.8 Å². The Morgan fingerprint density at radius 1 is 1.14 bits per heavy atom. The third-order valence-electron chi connectivity index (χ3n) is 2.12. The molecular weight excluding hydrogens is 176 g/mol. The topological polar surface area (TPSA) is 18.5 Å².